The second-order valence-corrected chi connectivity index (χ2v) is 5.15. The van der Waals surface area contributed by atoms with E-state index < -0.39 is 0 Å². The summed E-state index contributed by atoms with van der Waals surface area (Å²) in [4.78, 5) is 8.52. The minimum absolute atomic E-state index is 0.104. The third kappa shape index (κ3) is 3.29. The average molecular weight is 301 g/mol. The predicted octanol–water partition coefficient (Wildman–Crippen LogP) is 1.85. The van der Waals surface area contributed by atoms with Crippen LogP contribution in [0.3, 0.4) is 0 Å². The van der Waals surface area contributed by atoms with Crippen LogP contribution >= 0.6 is 15.9 Å². The van der Waals surface area contributed by atoms with Crippen LogP contribution < -0.4 is 10.6 Å². The molecule has 0 spiro atoms. The number of halogens is 1. The van der Waals surface area contributed by atoms with Crippen LogP contribution in [-0.4, -0.2) is 34.3 Å². The van der Waals surface area contributed by atoms with Crippen molar-refractivity contribution in [3.05, 3.63) is 10.7 Å². The van der Waals surface area contributed by atoms with Crippen molar-refractivity contribution in [2.24, 2.45) is 5.92 Å². The third-order valence-electron chi connectivity index (χ3n) is 2.85. The predicted molar refractivity (Wildman–Crippen MR) is 71.1 cm³/mol. The first kappa shape index (κ1) is 12.6. The van der Waals surface area contributed by atoms with Crippen molar-refractivity contribution in [3.63, 3.8) is 0 Å². The average Bonchev–Trinajstić information content (AvgIpc) is 2.27. The number of aliphatic hydroxyl groups is 1. The van der Waals surface area contributed by atoms with Gasteiger partial charge < -0.3 is 15.7 Å². The van der Waals surface area contributed by atoms with Gasteiger partial charge in [0, 0.05) is 19.3 Å². The molecule has 1 fully saturated rings. The van der Waals surface area contributed by atoms with Crippen LogP contribution in [0, 0.1) is 5.92 Å². The Morgan fingerprint density at radius 1 is 1.47 bits per heavy atom. The molecule has 0 radical (unpaired) electrons. The normalized spacial score (nSPS) is 23.0. The number of nitrogens with one attached hydrogen (secondary N) is 2. The summed E-state index contributed by atoms with van der Waals surface area (Å²) in [5, 5.41) is 15.6. The maximum absolute atomic E-state index is 9.21. The number of anilines is 2. The second kappa shape index (κ2) is 5.64. The highest BCUT2D eigenvalue weighted by Gasteiger charge is 2.26. The molecule has 0 aliphatic heterocycles. The summed E-state index contributed by atoms with van der Waals surface area (Å²) < 4.78 is 0.860. The molecule has 0 atom stereocenters. The van der Waals surface area contributed by atoms with E-state index in [2.05, 4.69) is 36.5 Å². The van der Waals surface area contributed by atoms with Gasteiger partial charge in [0.1, 0.15) is 5.82 Å². The van der Waals surface area contributed by atoms with Crippen LogP contribution in [0.1, 0.15) is 19.8 Å². The lowest BCUT2D eigenvalue weighted by Crippen LogP contribution is -2.33. The molecule has 17 heavy (non-hydrogen) atoms. The fourth-order valence-electron chi connectivity index (χ4n) is 1.84. The minimum atomic E-state index is -0.104. The van der Waals surface area contributed by atoms with Gasteiger partial charge in [0.05, 0.1) is 10.6 Å². The summed E-state index contributed by atoms with van der Waals surface area (Å²) in [5.41, 5.74) is 0. The van der Waals surface area contributed by atoms with Gasteiger partial charge in [0.25, 0.3) is 0 Å². The Balaban J connectivity index is 1.92. The second-order valence-electron chi connectivity index (χ2n) is 4.29. The zero-order chi connectivity index (χ0) is 12.3. The van der Waals surface area contributed by atoms with E-state index >= 15 is 0 Å². The van der Waals surface area contributed by atoms with E-state index in [1.54, 1.807) is 6.20 Å². The lowest BCUT2D eigenvalue weighted by atomic mass is 9.82. The molecule has 3 N–H and O–H groups in total. The Bertz CT molecular complexity index is 382. The molecule has 5 nitrogen and oxygen atoms in total. The quantitative estimate of drug-likeness (QED) is 0.774. The number of aromatic nitrogens is 2. The highest BCUT2D eigenvalue weighted by atomic mass is 79.9. The highest BCUT2D eigenvalue weighted by molar-refractivity contribution is 9.10. The Morgan fingerprint density at radius 2 is 2.24 bits per heavy atom. The lowest BCUT2D eigenvalue weighted by Gasteiger charge is -2.31. The molecule has 0 unspecified atom stereocenters. The summed E-state index contributed by atoms with van der Waals surface area (Å²) in [6.45, 7) is 3.66. The van der Waals surface area contributed by atoms with E-state index in [1.165, 1.54) is 0 Å². The summed E-state index contributed by atoms with van der Waals surface area (Å²) in [6, 6.07) is 0. The molecule has 1 aromatic heterocycles. The van der Waals surface area contributed by atoms with Crippen LogP contribution in [0.2, 0.25) is 0 Å². The highest BCUT2D eigenvalue weighted by Crippen LogP contribution is 2.28. The fourth-order valence-corrected chi connectivity index (χ4v) is 2.17. The Kier molecular flexibility index (Phi) is 4.17. The van der Waals surface area contributed by atoms with E-state index in [1.807, 2.05) is 6.92 Å². The smallest absolute Gasteiger partial charge is 0.224 e. The molecule has 1 heterocycles. The monoisotopic (exact) mass is 300 g/mol. The van der Waals surface area contributed by atoms with Crippen molar-refractivity contribution >= 4 is 27.7 Å². The van der Waals surface area contributed by atoms with Gasteiger partial charge in [0.15, 0.2) is 0 Å². The molecule has 0 aromatic carbocycles. The first-order valence-corrected chi connectivity index (χ1v) is 6.66. The van der Waals surface area contributed by atoms with E-state index in [0.29, 0.717) is 11.9 Å². The van der Waals surface area contributed by atoms with Crippen LogP contribution in [0.4, 0.5) is 11.8 Å². The summed E-state index contributed by atoms with van der Waals surface area (Å²) >= 11 is 3.42. The Morgan fingerprint density at radius 3 is 2.88 bits per heavy atom. The Hall–Kier alpha value is -0.880. The van der Waals surface area contributed by atoms with Crippen molar-refractivity contribution in [1.82, 2.24) is 9.97 Å². The van der Waals surface area contributed by atoms with Crippen LogP contribution in [0.25, 0.3) is 0 Å². The van der Waals surface area contributed by atoms with Gasteiger partial charge in [-0.3, -0.25) is 0 Å². The van der Waals surface area contributed by atoms with Crippen molar-refractivity contribution in [1.29, 1.82) is 0 Å². The van der Waals surface area contributed by atoms with Crippen molar-refractivity contribution in [2.75, 3.05) is 23.7 Å². The molecular formula is C11H17BrN4O. The molecule has 0 bridgehead atoms. The molecule has 0 saturated heterocycles. The molecule has 94 valence electrons. The van der Waals surface area contributed by atoms with Crippen molar-refractivity contribution < 1.29 is 5.11 Å². The molecule has 1 aromatic rings. The largest absolute Gasteiger partial charge is 0.393 e. The SMILES string of the molecule is CCNc1ncc(Br)c(NCC2CC(O)C2)n1. The zero-order valence-corrected chi connectivity index (χ0v) is 11.4. The molecular weight excluding hydrogens is 284 g/mol. The molecule has 6 heteroatoms. The Labute approximate surface area is 109 Å². The van der Waals surface area contributed by atoms with Gasteiger partial charge >= 0.3 is 0 Å². The van der Waals surface area contributed by atoms with E-state index in [4.69, 9.17) is 0 Å². The van der Waals surface area contributed by atoms with E-state index in [9.17, 15) is 5.11 Å². The summed E-state index contributed by atoms with van der Waals surface area (Å²) in [5.74, 6) is 1.98. The van der Waals surface area contributed by atoms with Crippen LogP contribution in [0.15, 0.2) is 10.7 Å². The van der Waals surface area contributed by atoms with Gasteiger partial charge in [-0.1, -0.05) is 0 Å². The fraction of sp³-hybridized carbons (Fsp3) is 0.636. The maximum atomic E-state index is 9.21. The molecule has 1 saturated carbocycles. The molecule has 0 amide bonds. The van der Waals surface area contributed by atoms with Gasteiger partial charge in [0.2, 0.25) is 5.95 Å². The summed E-state index contributed by atoms with van der Waals surface area (Å²) in [6.07, 6.45) is 3.40. The van der Waals surface area contributed by atoms with Crippen molar-refractivity contribution in [2.45, 2.75) is 25.9 Å². The number of nitrogens with zero attached hydrogens (tertiary/aromatic N) is 2. The zero-order valence-electron chi connectivity index (χ0n) is 9.78. The van der Waals surface area contributed by atoms with Gasteiger partial charge in [-0.25, -0.2) is 4.98 Å². The number of aliphatic hydroxyl groups excluding tert-OH is 1. The first-order chi connectivity index (χ1) is 8.19. The van der Waals surface area contributed by atoms with Gasteiger partial charge in [-0.05, 0) is 41.6 Å². The van der Waals surface area contributed by atoms with Crippen LogP contribution in [-0.2, 0) is 0 Å². The maximum Gasteiger partial charge on any atom is 0.224 e. The summed E-state index contributed by atoms with van der Waals surface area (Å²) in [7, 11) is 0. The topological polar surface area (TPSA) is 70.1 Å². The lowest BCUT2D eigenvalue weighted by molar-refractivity contribution is 0.0486. The number of hydrogen-bond acceptors (Lipinski definition) is 5. The van der Waals surface area contributed by atoms with Crippen molar-refractivity contribution in [3.8, 4) is 0 Å². The van der Waals surface area contributed by atoms with Crippen LogP contribution in [0.5, 0.6) is 0 Å². The van der Waals surface area contributed by atoms with Gasteiger partial charge in [-0.15, -0.1) is 0 Å². The molecule has 1 aliphatic carbocycles. The third-order valence-corrected chi connectivity index (χ3v) is 3.43. The molecule has 2 rings (SSSR count). The standard InChI is InChI=1S/C11H17BrN4O/c1-2-13-11-15-6-9(12)10(16-11)14-5-7-3-8(17)4-7/h6-8,17H,2-5H2,1H3,(H2,13,14,15,16). The number of rotatable bonds is 5. The van der Waals surface area contributed by atoms with E-state index in [-0.39, 0.29) is 6.10 Å². The number of hydrogen-bond donors (Lipinski definition) is 3. The van der Waals surface area contributed by atoms with Gasteiger partial charge in [-0.2, -0.15) is 4.98 Å². The first-order valence-electron chi connectivity index (χ1n) is 5.87. The van der Waals surface area contributed by atoms with E-state index in [0.717, 1.165) is 36.2 Å². The molecule has 1 aliphatic rings. The minimum Gasteiger partial charge on any atom is -0.393 e.